The normalized spacial score (nSPS) is 20.3. The number of hydrogen-bond donors (Lipinski definition) is 1. The average molecular weight is 335 g/mol. The zero-order chi connectivity index (χ0) is 13.2. The Hall–Kier alpha value is -0.350. The number of benzene rings is 1. The highest BCUT2D eigenvalue weighted by Crippen LogP contribution is 2.41. The fraction of sp³-hybridized carbons (Fsp3) is 0.625. The summed E-state index contributed by atoms with van der Waals surface area (Å²) < 4.78 is 13.8. The highest BCUT2D eigenvalue weighted by atomic mass is 35.5. The molecule has 1 aromatic carbocycles. The van der Waals surface area contributed by atoms with Crippen LogP contribution in [0.2, 0.25) is 0 Å². The van der Waals surface area contributed by atoms with E-state index in [4.69, 9.17) is 0 Å². The Bertz CT molecular complexity index is 446. The van der Waals surface area contributed by atoms with Crippen molar-refractivity contribution in [2.45, 2.75) is 32.2 Å². The summed E-state index contributed by atoms with van der Waals surface area (Å²) in [6.45, 7) is 6.18. The zero-order valence-electron chi connectivity index (χ0n) is 12.5. The largest absolute Gasteiger partial charge is 0.314 e. The molecule has 1 heterocycles. The average Bonchev–Trinajstić information content (AvgIpc) is 3.25. The van der Waals surface area contributed by atoms with Crippen LogP contribution in [0.25, 0.3) is 0 Å². The van der Waals surface area contributed by atoms with E-state index in [2.05, 4.69) is 16.3 Å². The lowest BCUT2D eigenvalue weighted by atomic mass is 9.94. The second-order valence-electron chi connectivity index (χ2n) is 5.93. The first-order valence-electron chi connectivity index (χ1n) is 7.45. The molecule has 1 aromatic rings. The van der Waals surface area contributed by atoms with E-state index >= 15 is 0 Å². The van der Waals surface area contributed by atoms with Gasteiger partial charge in [-0.15, -0.1) is 24.8 Å². The highest BCUT2D eigenvalue weighted by Gasteiger charge is 2.31. The zero-order valence-corrected chi connectivity index (χ0v) is 14.1. The molecule has 1 atom stereocenters. The third-order valence-electron chi connectivity index (χ3n) is 4.51. The molecule has 5 heteroatoms. The molecule has 1 N–H and O–H groups in total. The summed E-state index contributed by atoms with van der Waals surface area (Å²) in [7, 11) is 0. The molecule has 2 fully saturated rings. The van der Waals surface area contributed by atoms with Crippen molar-refractivity contribution >= 4 is 24.8 Å². The monoisotopic (exact) mass is 334 g/mol. The van der Waals surface area contributed by atoms with Gasteiger partial charge in [-0.25, -0.2) is 4.39 Å². The summed E-state index contributed by atoms with van der Waals surface area (Å²) in [6.07, 6.45) is 3.91. The van der Waals surface area contributed by atoms with Crippen molar-refractivity contribution in [1.29, 1.82) is 0 Å². The lowest BCUT2D eigenvalue weighted by Crippen LogP contribution is -2.45. The summed E-state index contributed by atoms with van der Waals surface area (Å²) in [5.74, 6) is 0.802. The van der Waals surface area contributed by atoms with Gasteiger partial charge < -0.3 is 5.32 Å². The van der Waals surface area contributed by atoms with E-state index in [1.807, 2.05) is 13.0 Å². The van der Waals surface area contributed by atoms with Crippen molar-refractivity contribution in [2.75, 3.05) is 26.2 Å². The van der Waals surface area contributed by atoms with Gasteiger partial charge in [0.2, 0.25) is 0 Å². The van der Waals surface area contributed by atoms with E-state index in [0.29, 0.717) is 6.04 Å². The molecule has 0 unspecified atom stereocenters. The van der Waals surface area contributed by atoms with Crippen molar-refractivity contribution in [1.82, 2.24) is 10.2 Å². The minimum Gasteiger partial charge on any atom is -0.314 e. The molecule has 120 valence electrons. The van der Waals surface area contributed by atoms with Crippen LogP contribution >= 0.6 is 24.8 Å². The predicted octanol–water partition coefficient (Wildman–Crippen LogP) is 3.72. The van der Waals surface area contributed by atoms with Gasteiger partial charge in [0.25, 0.3) is 0 Å². The van der Waals surface area contributed by atoms with E-state index in [-0.39, 0.29) is 30.6 Å². The molecule has 2 aliphatic rings. The van der Waals surface area contributed by atoms with Crippen molar-refractivity contribution in [2.24, 2.45) is 5.92 Å². The lowest BCUT2D eigenvalue weighted by Gasteiger charge is -2.36. The quantitative estimate of drug-likeness (QED) is 0.902. The van der Waals surface area contributed by atoms with Crippen LogP contribution in [0, 0.1) is 18.7 Å². The van der Waals surface area contributed by atoms with Crippen LogP contribution in [0.15, 0.2) is 18.2 Å². The van der Waals surface area contributed by atoms with Gasteiger partial charge in [-0.2, -0.15) is 0 Å². The minimum absolute atomic E-state index is 0. The first-order valence-corrected chi connectivity index (χ1v) is 7.45. The summed E-state index contributed by atoms with van der Waals surface area (Å²) in [6, 6.07) is 5.96. The van der Waals surface area contributed by atoms with Crippen LogP contribution in [0.3, 0.4) is 0 Å². The Morgan fingerprint density at radius 3 is 2.52 bits per heavy atom. The van der Waals surface area contributed by atoms with E-state index < -0.39 is 0 Å². The molecule has 1 aliphatic carbocycles. The molecule has 1 aliphatic heterocycles. The van der Waals surface area contributed by atoms with Gasteiger partial charge in [0.1, 0.15) is 5.82 Å². The third-order valence-corrected chi connectivity index (χ3v) is 4.51. The maximum Gasteiger partial charge on any atom is 0.126 e. The maximum atomic E-state index is 13.8. The standard InChI is InChI=1S/C16H23FN2.2ClH/c1-12-14(3-2-4-15(12)17)16(11-13-5-6-13)19-9-7-18-8-10-19;;/h2-4,13,16,18H,5-11H2,1H3;2*1H/t16-;;/m0../s1. The Morgan fingerprint density at radius 1 is 1.24 bits per heavy atom. The van der Waals surface area contributed by atoms with Gasteiger partial charge in [0, 0.05) is 32.2 Å². The maximum absolute atomic E-state index is 13.8. The molecule has 0 aromatic heterocycles. The fourth-order valence-corrected chi connectivity index (χ4v) is 3.12. The second kappa shape index (κ2) is 8.33. The number of nitrogens with one attached hydrogen (secondary N) is 1. The molecule has 2 nitrogen and oxygen atoms in total. The predicted molar refractivity (Wildman–Crippen MR) is 90.2 cm³/mol. The van der Waals surface area contributed by atoms with Crippen molar-refractivity contribution in [3.8, 4) is 0 Å². The number of rotatable bonds is 4. The van der Waals surface area contributed by atoms with Crippen LogP contribution in [0.4, 0.5) is 4.39 Å². The van der Waals surface area contributed by atoms with E-state index in [1.165, 1.54) is 24.8 Å². The van der Waals surface area contributed by atoms with Crippen molar-refractivity contribution < 1.29 is 4.39 Å². The molecule has 0 amide bonds. The van der Waals surface area contributed by atoms with E-state index in [9.17, 15) is 4.39 Å². The van der Waals surface area contributed by atoms with Gasteiger partial charge in [-0.05, 0) is 36.5 Å². The van der Waals surface area contributed by atoms with Gasteiger partial charge in [0.15, 0.2) is 0 Å². The first-order chi connectivity index (χ1) is 9.25. The topological polar surface area (TPSA) is 15.3 Å². The first kappa shape index (κ1) is 18.7. The third kappa shape index (κ3) is 4.56. The molecule has 0 radical (unpaired) electrons. The van der Waals surface area contributed by atoms with Crippen LogP contribution < -0.4 is 5.32 Å². The Kier molecular flexibility index (Phi) is 7.41. The van der Waals surface area contributed by atoms with E-state index in [0.717, 1.165) is 37.7 Å². The smallest absolute Gasteiger partial charge is 0.126 e. The van der Waals surface area contributed by atoms with E-state index in [1.54, 1.807) is 6.07 Å². The molecular formula is C16H25Cl2FN2. The highest BCUT2D eigenvalue weighted by molar-refractivity contribution is 5.85. The summed E-state index contributed by atoms with van der Waals surface area (Å²) >= 11 is 0. The lowest BCUT2D eigenvalue weighted by molar-refractivity contribution is 0.159. The molecule has 1 saturated heterocycles. The SMILES string of the molecule is Cc1c(F)cccc1[C@H](CC1CC1)N1CCNCC1.Cl.Cl. The second-order valence-corrected chi connectivity index (χ2v) is 5.93. The Morgan fingerprint density at radius 2 is 1.90 bits per heavy atom. The minimum atomic E-state index is -0.0616. The summed E-state index contributed by atoms with van der Waals surface area (Å²) in [5.41, 5.74) is 2.04. The molecule has 1 saturated carbocycles. The molecule has 21 heavy (non-hydrogen) atoms. The number of piperazine rings is 1. The molecule has 0 bridgehead atoms. The van der Waals surface area contributed by atoms with Crippen LogP contribution in [-0.4, -0.2) is 31.1 Å². The van der Waals surface area contributed by atoms with Gasteiger partial charge >= 0.3 is 0 Å². The summed E-state index contributed by atoms with van der Waals surface area (Å²) in [4.78, 5) is 2.54. The number of halogens is 3. The fourth-order valence-electron chi connectivity index (χ4n) is 3.12. The summed E-state index contributed by atoms with van der Waals surface area (Å²) in [5, 5.41) is 3.40. The Labute approximate surface area is 139 Å². The Balaban J connectivity index is 0.00000110. The number of nitrogens with zero attached hydrogens (tertiary/aromatic N) is 1. The van der Waals surface area contributed by atoms with Crippen LogP contribution in [-0.2, 0) is 0 Å². The van der Waals surface area contributed by atoms with Crippen LogP contribution in [0.1, 0.15) is 36.4 Å². The van der Waals surface area contributed by atoms with Crippen LogP contribution in [0.5, 0.6) is 0 Å². The van der Waals surface area contributed by atoms with Crippen molar-refractivity contribution in [3.63, 3.8) is 0 Å². The van der Waals surface area contributed by atoms with Gasteiger partial charge in [0.05, 0.1) is 0 Å². The number of hydrogen-bond acceptors (Lipinski definition) is 2. The van der Waals surface area contributed by atoms with Gasteiger partial charge in [-0.1, -0.05) is 25.0 Å². The van der Waals surface area contributed by atoms with Crippen molar-refractivity contribution in [3.05, 3.63) is 35.1 Å². The molecule has 3 rings (SSSR count). The molecular weight excluding hydrogens is 310 g/mol. The molecule has 0 spiro atoms. The van der Waals surface area contributed by atoms with Gasteiger partial charge in [-0.3, -0.25) is 4.90 Å².